The molecular formula is C14H9F2NO. The van der Waals surface area contributed by atoms with Crippen LogP contribution in [0.15, 0.2) is 42.5 Å². The Hall–Kier alpha value is -2.41. The van der Waals surface area contributed by atoms with E-state index in [1.54, 1.807) is 18.2 Å². The first-order valence-corrected chi connectivity index (χ1v) is 5.26. The molecule has 2 rings (SSSR count). The number of halogens is 2. The summed E-state index contributed by atoms with van der Waals surface area (Å²) in [6.45, 7) is -0.0848. The van der Waals surface area contributed by atoms with E-state index in [1.807, 2.05) is 6.07 Å². The van der Waals surface area contributed by atoms with Gasteiger partial charge in [-0.1, -0.05) is 18.2 Å². The summed E-state index contributed by atoms with van der Waals surface area (Å²) in [5, 5.41) is 8.71. The standard InChI is InChI=1S/C14H9F2NO/c15-13-6-2-4-11(14(13)16)9-18-12-5-1-3-10(7-12)8-17/h1-7H,9H2. The summed E-state index contributed by atoms with van der Waals surface area (Å²) in [6, 6.07) is 12.4. The number of hydrogen-bond donors (Lipinski definition) is 0. The van der Waals surface area contributed by atoms with Gasteiger partial charge in [0, 0.05) is 5.56 Å². The van der Waals surface area contributed by atoms with E-state index in [2.05, 4.69) is 0 Å². The van der Waals surface area contributed by atoms with Crippen molar-refractivity contribution in [3.05, 3.63) is 65.2 Å². The fourth-order valence-electron chi connectivity index (χ4n) is 1.48. The van der Waals surface area contributed by atoms with Crippen molar-refractivity contribution in [1.82, 2.24) is 0 Å². The summed E-state index contributed by atoms with van der Waals surface area (Å²) < 4.78 is 31.6. The van der Waals surface area contributed by atoms with Crippen LogP contribution >= 0.6 is 0 Å². The van der Waals surface area contributed by atoms with Crippen LogP contribution in [0.3, 0.4) is 0 Å². The number of rotatable bonds is 3. The SMILES string of the molecule is N#Cc1cccc(OCc2cccc(F)c2F)c1. The second-order valence-corrected chi connectivity index (χ2v) is 3.64. The van der Waals surface area contributed by atoms with Gasteiger partial charge >= 0.3 is 0 Å². The fourth-order valence-corrected chi connectivity index (χ4v) is 1.48. The molecule has 4 heteroatoms. The third kappa shape index (κ3) is 2.64. The minimum absolute atomic E-state index is 0.0848. The molecule has 18 heavy (non-hydrogen) atoms. The molecule has 2 nitrogen and oxygen atoms in total. The Morgan fingerprint density at radius 3 is 2.67 bits per heavy atom. The number of nitriles is 1. The van der Waals surface area contributed by atoms with Crippen molar-refractivity contribution >= 4 is 0 Å². The molecule has 0 atom stereocenters. The van der Waals surface area contributed by atoms with Crippen LogP contribution < -0.4 is 4.74 Å². The van der Waals surface area contributed by atoms with Crippen molar-refractivity contribution < 1.29 is 13.5 Å². The highest BCUT2D eigenvalue weighted by molar-refractivity contribution is 5.36. The zero-order valence-corrected chi connectivity index (χ0v) is 9.36. The molecule has 0 heterocycles. The van der Waals surface area contributed by atoms with Gasteiger partial charge in [0.25, 0.3) is 0 Å². The van der Waals surface area contributed by atoms with Gasteiger partial charge < -0.3 is 4.74 Å². The van der Waals surface area contributed by atoms with Crippen LogP contribution in [0.4, 0.5) is 8.78 Å². The van der Waals surface area contributed by atoms with Gasteiger partial charge in [0.05, 0.1) is 11.6 Å². The first-order valence-electron chi connectivity index (χ1n) is 5.26. The molecule has 0 saturated heterocycles. The molecule has 0 aliphatic rings. The molecule has 0 aliphatic carbocycles. The fraction of sp³-hybridized carbons (Fsp3) is 0.0714. The smallest absolute Gasteiger partial charge is 0.165 e. The summed E-state index contributed by atoms with van der Waals surface area (Å²) in [7, 11) is 0. The topological polar surface area (TPSA) is 33.0 Å². The highest BCUT2D eigenvalue weighted by atomic mass is 19.2. The summed E-state index contributed by atoms with van der Waals surface area (Å²) in [6.07, 6.45) is 0. The Labute approximate surface area is 103 Å². The van der Waals surface area contributed by atoms with Crippen LogP contribution in [0.1, 0.15) is 11.1 Å². The van der Waals surface area contributed by atoms with Crippen molar-refractivity contribution in [2.24, 2.45) is 0 Å². The first-order chi connectivity index (χ1) is 8.70. The van der Waals surface area contributed by atoms with E-state index in [0.717, 1.165) is 6.07 Å². The van der Waals surface area contributed by atoms with E-state index in [-0.39, 0.29) is 12.2 Å². The van der Waals surface area contributed by atoms with Crippen molar-refractivity contribution in [3.63, 3.8) is 0 Å². The average molecular weight is 245 g/mol. The zero-order valence-electron chi connectivity index (χ0n) is 9.36. The Morgan fingerprint density at radius 1 is 1.11 bits per heavy atom. The molecule has 0 saturated carbocycles. The van der Waals surface area contributed by atoms with Gasteiger partial charge in [0.1, 0.15) is 12.4 Å². The normalized spacial score (nSPS) is 9.83. The molecule has 0 aliphatic heterocycles. The van der Waals surface area contributed by atoms with Gasteiger partial charge in [-0.05, 0) is 24.3 Å². The van der Waals surface area contributed by atoms with Crippen LogP contribution in [0.25, 0.3) is 0 Å². The quantitative estimate of drug-likeness (QED) is 0.830. The molecule has 0 amide bonds. The first kappa shape index (κ1) is 12.1. The predicted octanol–water partition coefficient (Wildman–Crippen LogP) is 3.42. The Balaban J connectivity index is 2.12. The van der Waals surface area contributed by atoms with E-state index in [9.17, 15) is 8.78 Å². The molecule has 0 bridgehead atoms. The largest absolute Gasteiger partial charge is 0.489 e. The van der Waals surface area contributed by atoms with E-state index in [0.29, 0.717) is 11.3 Å². The molecule has 90 valence electrons. The Kier molecular flexibility index (Phi) is 3.54. The van der Waals surface area contributed by atoms with Crippen LogP contribution in [0, 0.1) is 23.0 Å². The second kappa shape index (κ2) is 5.28. The zero-order chi connectivity index (χ0) is 13.0. The van der Waals surface area contributed by atoms with Gasteiger partial charge in [-0.25, -0.2) is 8.78 Å². The summed E-state index contributed by atoms with van der Waals surface area (Å²) in [5.41, 5.74) is 0.588. The van der Waals surface area contributed by atoms with E-state index in [4.69, 9.17) is 10.00 Å². The van der Waals surface area contributed by atoms with Crippen molar-refractivity contribution in [3.8, 4) is 11.8 Å². The number of ether oxygens (including phenoxy) is 1. The highest BCUT2D eigenvalue weighted by Gasteiger charge is 2.08. The van der Waals surface area contributed by atoms with Gasteiger partial charge in [-0.2, -0.15) is 5.26 Å². The Bertz CT molecular complexity index is 605. The average Bonchev–Trinajstić information content (AvgIpc) is 2.41. The molecule has 0 spiro atoms. The van der Waals surface area contributed by atoms with E-state index >= 15 is 0 Å². The minimum Gasteiger partial charge on any atom is -0.489 e. The maximum Gasteiger partial charge on any atom is 0.165 e. The third-order valence-corrected chi connectivity index (χ3v) is 2.39. The molecule has 0 fully saturated rings. The molecule has 2 aromatic rings. The molecule has 0 N–H and O–H groups in total. The van der Waals surface area contributed by atoms with E-state index < -0.39 is 11.6 Å². The van der Waals surface area contributed by atoms with Crippen LogP contribution in [-0.4, -0.2) is 0 Å². The lowest BCUT2D eigenvalue weighted by atomic mass is 10.2. The van der Waals surface area contributed by atoms with Gasteiger partial charge in [-0.15, -0.1) is 0 Å². The Morgan fingerprint density at radius 2 is 1.89 bits per heavy atom. The van der Waals surface area contributed by atoms with Crippen LogP contribution in [-0.2, 0) is 6.61 Å². The van der Waals surface area contributed by atoms with Gasteiger partial charge in [0.2, 0.25) is 0 Å². The lowest BCUT2D eigenvalue weighted by Crippen LogP contribution is -2.00. The summed E-state index contributed by atoms with van der Waals surface area (Å²) >= 11 is 0. The lowest BCUT2D eigenvalue weighted by molar-refractivity contribution is 0.297. The van der Waals surface area contributed by atoms with Crippen molar-refractivity contribution in [1.29, 1.82) is 5.26 Å². The lowest BCUT2D eigenvalue weighted by Gasteiger charge is -2.07. The summed E-state index contributed by atoms with van der Waals surface area (Å²) in [4.78, 5) is 0. The van der Waals surface area contributed by atoms with Gasteiger partial charge in [-0.3, -0.25) is 0 Å². The molecule has 2 aromatic carbocycles. The second-order valence-electron chi connectivity index (χ2n) is 3.64. The monoisotopic (exact) mass is 245 g/mol. The highest BCUT2D eigenvalue weighted by Crippen LogP contribution is 2.17. The maximum atomic E-state index is 13.3. The minimum atomic E-state index is -0.908. The predicted molar refractivity (Wildman–Crippen MR) is 61.8 cm³/mol. The van der Waals surface area contributed by atoms with Crippen molar-refractivity contribution in [2.75, 3.05) is 0 Å². The molecular weight excluding hydrogens is 236 g/mol. The third-order valence-electron chi connectivity index (χ3n) is 2.39. The molecule has 0 aromatic heterocycles. The van der Waals surface area contributed by atoms with Gasteiger partial charge in [0.15, 0.2) is 11.6 Å². The number of nitrogens with zero attached hydrogens (tertiary/aromatic N) is 1. The van der Waals surface area contributed by atoms with Crippen LogP contribution in [0.5, 0.6) is 5.75 Å². The molecule has 0 radical (unpaired) electrons. The molecule has 0 unspecified atom stereocenters. The number of hydrogen-bond acceptors (Lipinski definition) is 2. The van der Waals surface area contributed by atoms with Crippen LogP contribution in [0.2, 0.25) is 0 Å². The van der Waals surface area contributed by atoms with E-state index in [1.165, 1.54) is 18.2 Å². The number of benzene rings is 2. The van der Waals surface area contributed by atoms with Crippen molar-refractivity contribution in [2.45, 2.75) is 6.61 Å². The summed E-state index contributed by atoms with van der Waals surface area (Å²) in [5.74, 6) is -1.37. The maximum absolute atomic E-state index is 13.3.